The molecule has 34 heavy (non-hydrogen) atoms. The van der Waals surface area contributed by atoms with E-state index in [0.29, 0.717) is 17.2 Å². The monoisotopic (exact) mass is 459 g/mol. The Kier molecular flexibility index (Phi) is 6.57. The first kappa shape index (κ1) is 22.5. The first-order chi connectivity index (χ1) is 16.6. The predicted octanol–water partition coefficient (Wildman–Crippen LogP) is 5.72. The van der Waals surface area contributed by atoms with Crippen LogP contribution in [0.25, 0.3) is 10.9 Å². The lowest BCUT2D eigenvalue weighted by Gasteiger charge is -2.32. The number of hydrogen-bond acceptors (Lipinski definition) is 3. The average Bonchev–Trinajstić information content (AvgIpc) is 3.32. The van der Waals surface area contributed by atoms with E-state index < -0.39 is 0 Å². The summed E-state index contributed by atoms with van der Waals surface area (Å²) in [6, 6.07) is 13.5. The van der Waals surface area contributed by atoms with Gasteiger partial charge in [-0.3, -0.25) is 9.59 Å². The summed E-state index contributed by atoms with van der Waals surface area (Å²) >= 11 is 0. The molecule has 3 aromatic rings. The number of likely N-dealkylation sites (tertiary alicyclic amines) is 1. The molecule has 2 aliphatic rings. The number of aromatic nitrogens is 1. The lowest BCUT2D eigenvalue weighted by atomic mass is 9.88. The fourth-order valence-corrected chi connectivity index (χ4v) is 5.50. The Bertz CT molecular complexity index is 1170. The van der Waals surface area contributed by atoms with E-state index in [4.69, 9.17) is 4.74 Å². The number of methoxy groups -OCH3 is 1. The van der Waals surface area contributed by atoms with Crippen LogP contribution < -0.4 is 10.1 Å². The van der Waals surface area contributed by atoms with Crippen LogP contribution in [0.15, 0.2) is 48.7 Å². The molecule has 2 heterocycles. The van der Waals surface area contributed by atoms with Crippen molar-refractivity contribution in [2.75, 3.05) is 25.5 Å². The first-order valence-corrected chi connectivity index (χ1v) is 12.5. The fourth-order valence-electron chi connectivity index (χ4n) is 5.50. The lowest BCUT2D eigenvalue weighted by Crippen LogP contribution is -2.38. The summed E-state index contributed by atoms with van der Waals surface area (Å²) in [6.07, 6.45) is 9.34. The van der Waals surface area contributed by atoms with Gasteiger partial charge in [0.15, 0.2) is 0 Å². The molecule has 0 atom stereocenters. The standard InChI is InChI=1S/C28H33N3O3/c1-34-23-10-11-26-24(17-23)25(18-29-26)19-12-14-31(15-13-19)28(33)21-8-5-9-22(16-21)30-27(32)20-6-3-2-4-7-20/h5,8-11,16-20,29H,2-4,6-7,12-15H2,1H3,(H,30,32). The van der Waals surface area contributed by atoms with Crippen LogP contribution in [0.1, 0.15) is 66.8 Å². The van der Waals surface area contributed by atoms with Gasteiger partial charge in [0.05, 0.1) is 7.11 Å². The topological polar surface area (TPSA) is 74.4 Å². The third kappa shape index (κ3) is 4.67. The highest BCUT2D eigenvalue weighted by Gasteiger charge is 2.27. The van der Waals surface area contributed by atoms with Crippen LogP contribution >= 0.6 is 0 Å². The first-order valence-electron chi connectivity index (χ1n) is 12.5. The molecule has 5 rings (SSSR count). The Morgan fingerprint density at radius 3 is 2.56 bits per heavy atom. The largest absolute Gasteiger partial charge is 0.497 e. The second kappa shape index (κ2) is 9.92. The maximum Gasteiger partial charge on any atom is 0.253 e. The molecule has 1 aromatic heterocycles. The van der Waals surface area contributed by atoms with Gasteiger partial charge in [-0.2, -0.15) is 0 Å². The van der Waals surface area contributed by atoms with Crippen molar-refractivity contribution < 1.29 is 14.3 Å². The molecule has 1 saturated carbocycles. The Balaban J connectivity index is 1.22. The van der Waals surface area contributed by atoms with Crippen LogP contribution in [0.4, 0.5) is 5.69 Å². The van der Waals surface area contributed by atoms with Gasteiger partial charge in [-0.1, -0.05) is 25.3 Å². The van der Waals surface area contributed by atoms with Gasteiger partial charge >= 0.3 is 0 Å². The van der Waals surface area contributed by atoms with Crippen LogP contribution in [-0.4, -0.2) is 41.9 Å². The Morgan fingerprint density at radius 2 is 1.79 bits per heavy atom. The van der Waals surface area contributed by atoms with Gasteiger partial charge in [0.1, 0.15) is 5.75 Å². The number of H-pyrrole nitrogens is 1. The second-order valence-corrected chi connectivity index (χ2v) is 9.63. The molecular weight excluding hydrogens is 426 g/mol. The van der Waals surface area contributed by atoms with Crippen LogP contribution in [-0.2, 0) is 4.79 Å². The van der Waals surface area contributed by atoms with Gasteiger partial charge in [-0.15, -0.1) is 0 Å². The Morgan fingerprint density at radius 1 is 1.00 bits per heavy atom. The zero-order valence-electron chi connectivity index (χ0n) is 19.8. The molecule has 0 bridgehead atoms. The highest BCUT2D eigenvalue weighted by atomic mass is 16.5. The van der Waals surface area contributed by atoms with Crippen molar-refractivity contribution in [3.05, 3.63) is 59.8 Å². The minimum absolute atomic E-state index is 0.0350. The van der Waals surface area contributed by atoms with Crippen LogP contribution in [0.5, 0.6) is 5.75 Å². The van der Waals surface area contributed by atoms with E-state index in [1.807, 2.05) is 35.2 Å². The van der Waals surface area contributed by atoms with Gasteiger partial charge in [0, 0.05) is 47.4 Å². The summed E-state index contributed by atoms with van der Waals surface area (Å²) in [7, 11) is 1.69. The number of aromatic amines is 1. The minimum Gasteiger partial charge on any atom is -0.497 e. The van der Waals surface area contributed by atoms with Crippen molar-refractivity contribution in [1.82, 2.24) is 9.88 Å². The molecule has 0 spiro atoms. The smallest absolute Gasteiger partial charge is 0.253 e. The molecule has 1 saturated heterocycles. The number of piperidine rings is 1. The number of amides is 2. The normalized spacial score (nSPS) is 17.6. The quantitative estimate of drug-likeness (QED) is 0.513. The molecule has 6 heteroatoms. The van der Waals surface area contributed by atoms with Crippen molar-refractivity contribution in [2.24, 2.45) is 5.92 Å². The summed E-state index contributed by atoms with van der Waals surface area (Å²) in [6.45, 7) is 1.44. The number of nitrogens with zero attached hydrogens (tertiary/aromatic N) is 1. The summed E-state index contributed by atoms with van der Waals surface area (Å²) in [5, 5.41) is 4.24. The number of carbonyl (C=O) groups excluding carboxylic acids is 2. The van der Waals surface area contributed by atoms with Gasteiger partial charge in [-0.05, 0) is 73.6 Å². The number of carbonyl (C=O) groups is 2. The van der Waals surface area contributed by atoms with E-state index in [9.17, 15) is 9.59 Å². The number of rotatable bonds is 5. The molecule has 2 fully saturated rings. The van der Waals surface area contributed by atoms with Crippen molar-refractivity contribution in [3.8, 4) is 5.75 Å². The molecular formula is C28H33N3O3. The SMILES string of the molecule is COc1ccc2[nH]cc(C3CCN(C(=O)c4cccc(NC(=O)C5CCCCC5)c4)CC3)c2c1. The predicted molar refractivity (Wildman–Crippen MR) is 134 cm³/mol. The highest BCUT2D eigenvalue weighted by Crippen LogP contribution is 2.35. The molecule has 2 N–H and O–H groups in total. The number of anilines is 1. The van der Waals surface area contributed by atoms with E-state index in [-0.39, 0.29) is 17.7 Å². The zero-order chi connectivity index (χ0) is 23.5. The number of nitrogens with one attached hydrogen (secondary N) is 2. The molecule has 178 valence electrons. The highest BCUT2D eigenvalue weighted by molar-refractivity contribution is 5.97. The molecule has 1 aliphatic heterocycles. The number of hydrogen-bond donors (Lipinski definition) is 2. The molecule has 0 radical (unpaired) electrons. The van der Waals surface area contributed by atoms with E-state index in [0.717, 1.165) is 62.9 Å². The number of fused-ring (bicyclic) bond motifs is 1. The van der Waals surface area contributed by atoms with Gasteiger partial charge in [0.25, 0.3) is 5.91 Å². The molecule has 2 aromatic carbocycles. The van der Waals surface area contributed by atoms with E-state index >= 15 is 0 Å². The van der Waals surface area contributed by atoms with E-state index in [2.05, 4.69) is 28.6 Å². The molecule has 1 aliphatic carbocycles. The van der Waals surface area contributed by atoms with Gasteiger partial charge < -0.3 is 19.9 Å². The molecule has 2 amide bonds. The second-order valence-electron chi connectivity index (χ2n) is 9.63. The summed E-state index contributed by atoms with van der Waals surface area (Å²) in [5.41, 5.74) is 3.76. The average molecular weight is 460 g/mol. The number of benzene rings is 2. The third-order valence-electron chi connectivity index (χ3n) is 7.50. The Hall–Kier alpha value is -3.28. The lowest BCUT2D eigenvalue weighted by molar-refractivity contribution is -0.120. The van der Waals surface area contributed by atoms with Crippen molar-refractivity contribution in [3.63, 3.8) is 0 Å². The van der Waals surface area contributed by atoms with Crippen LogP contribution in [0.3, 0.4) is 0 Å². The van der Waals surface area contributed by atoms with Crippen molar-refractivity contribution >= 4 is 28.4 Å². The molecule has 0 unspecified atom stereocenters. The summed E-state index contributed by atoms with van der Waals surface area (Å²) in [4.78, 5) is 31.1. The van der Waals surface area contributed by atoms with Gasteiger partial charge in [0.2, 0.25) is 5.91 Å². The van der Waals surface area contributed by atoms with Crippen LogP contribution in [0, 0.1) is 5.92 Å². The van der Waals surface area contributed by atoms with E-state index in [1.165, 1.54) is 17.4 Å². The summed E-state index contributed by atoms with van der Waals surface area (Å²) in [5.74, 6) is 1.48. The van der Waals surface area contributed by atoms with Crippen molar-refractivity contribution in [1.29, 1.82) is 0 Å². The Labute approximate surface area is 200 Å². The van der Waals surface area contributed by atoms with Gasteiger partial charge in [-0.25, -0.2) is 0 Å². The zero-order valence-corrected chi connectivity index (χ0v) is 19.8. The van der Waals surface area contributed by atoms with E-state index in [1.54, 1.807) is 7.11 Å². The van der Waals surface area contributed by atoms with Crippen molar-refractivity contribution in [2.45, 2.75) is 50.9 Å². The van der Waals surface area contributed by atoms with Crippen LogP contribution in [0.2, 0.25) is 0 Å². The maximum atomic E-state index is 13.2. The maximum absolute atomic E-state index is 13.2. The fraction of sp³-hybridized carbons (Fsp3) is 0.429. The third-order valence-corrected chi connectivity index (χ3v) is 7.50. The summed E-state index contributed by atoms with van der Waals surface area (Å²) < 4.78 is 5.41. The minimum atomic E-state index is 0.0350. The number of ether oxygens (including phenoxy) is 1. The molecule has 6 nitrogen and oxygen atoms in total.